The molecule has 1 atom stereocenters. The number of aromatic nitrogens is 3. The van der Waals surface area contributed by atoms with Crippen LogP contribution in [0.5, 0.6) is 5.75 Å². The van der Waals surface area contributed by atoms with Gasteiger partial charge in [0.1, 0.15) is 17.3 Å². The van der Waals surface area contributed by atoms with E-state index in [0.717, 1.165) is 59.0 Å². The molecule has 0 unspecified atom stereocenters. The van der Waals surface area contributed by atoms with E-state index >= 15 is 0 Å². The van der Waals surface area contributed by atoms with Crippen LogP contribution in [-0.4, -0.2) is 33.1 Å². The topological polar surface area (TPSA) is 95.1 Å². The van der Waals surface area contributed by atoms with Crippen LogP contribution >= 0.6 is 11.3 Å². The molecule has 0 spiro atoms. The summed E-state index contributed by atoms with van der Waals surface area (Å²) in [5.41, 5.74) is 10.1. The lowest BCUT2D eigenvalue weighted by atomic mass is 10.1. The van der Waals surface area contributed by atoms with E-state index in [0.29, 0.717) is 12.5 Å². The fraction of sp³-hybridized carbons (Fsp3) is 0.389. The van der Waals surface area contributed by atoms with Crippen LogP contribution in [0.1, 0.15) is 19.3 Å². The third-order valence-corrected chi connectivity index (χ3v) is 5.73. The molecule has 1 aliphatic carbocycles. The van der Waals surface area contributed by atoms with Crippen molar-refractivity contribution >= 4 is 34.0 Å². The van der Waals surface area contributed by atoms with Crippen molar-refractivity contribution in [2.75, 3.05) is 11.9 Å². The maximum absolute atomic E-state index is 11.8. The lowest BCUT2D eigenvalue weighted by Gasteiger charge is -2.17. The molecule has 5 rings (SSSR count). The Bertz CT molecular complexity index is 977. The van der Waals surface area contributed by atoms with Gasteiger partial charge in [0.05, 0.1) is 22.5 Å². The van der Waals surface area contributed by atoms with Crippen molar-refractivity contribution in [3.05, 3.63) is 23.8 Å². The second-order valence-corrected chi connectivity index (χ2v) is 7.75. The fourth-order valence-corrected chi connectivity index (χ4v) is 4.21. The fourth-order valence-electron chi connectivity index (χ4n) is 3.59. The van der Waals surface area contributed by atoms with E-state index in [2.05, 4.69) is 14.9 Å². The first-order valence-corrected chi connectivity index (χ1v) is 9.70. The van der Waals surface area contributed by atoms with E-state index in [-0.39, 0.29) is 11.9 Å². The molecule has 26 heavy (non-hydrogen) atoms. The molecular formula is C18H19N5O2S. The Hall–Kier alpha value is -2.61. The highest BCUT2D eigenvalue weighted by atomic mass is 32.1. The number of ether oxygens (including phenoxy) is 1. The molecule has 0 radical (unpaired) electrons. The minimum Gasteiger partial charge on any atom is -0.491 e. The number of thiazole rings is 1. The SMILES string of the molecule is NC(=O)[C@@H](Nc1cc2c3c(c1)nc(-c1cncs1)n3CCCO2)C1CC1. The molecule has 0 bridgehead atoms. The zero-order valence-corrected chi connectivity index (χ0v) is 15.0. The van der Waals surface area contributed by atoms with Crippen LogP contribution < -0.4 is 15.8 Å². The minimum absolute atomic E-state index is 0.310. The summed E-state index contributed by atoms with van der Waals surface area (Å²) in [6.07, 6.45) is 4.84. The minimum atomic E-state index is -0.339. The van der Waals surface area contributed by atoms with Gasteiger partial charge in [0, 0.05) is 24.5 Å². The van der Waals surface area contributed by atoms with Gasteiger partial charge in [0.2, 0.25) is 5.91 Å². The number of rotatable bonds is 5. The molecule has 1 fully saturated rings. The van der Waals surface area contributed by atoms with Gasteiger partial charge in [-0.3, -0.25) is 9.78 Å². The predicted molar refractivity (Wildman–Crippen MR) is 100 cm³/mol. The number of carbonyl (C=O) groups is 1. The van der Waals surface area contributed by atoms with Crippen LogP contribution in [0, 0.1) is 5.92 Å². The Kier molecular flexibility index (Phi) is 3.59. The van der Waals surface area contributed by atoms with Crippen LogP contribution in [0.3, 0.4) is 0 Å². The van der Waals surface area contributed by atoms with E-state index in [1.54, 1.807) is 11.3 Å². The summed E-state index contributed by atoms with van der Waals surface area (Å²) in [7, 11) is 0. The molecule has 134 valence electrons. The summed E-state index contributed by atoms with van der Waals surface area (Å²) >= 11 is 1.58. The van der Waals surface area contributed by atoms with Gasteiger partial charge in [-0.2, -0.15) is 0 Å². The summed E-state index contributed by atoms with van der Waals surface area (Å²) in [5.74, 6) is 1.73. The zero-order valence-electron chi connectivity index (χ0n) is 14.1. The first-order chi connectivity index (χ1) is 12.7. The van der Waals surface area contributed by atoms with Crippen molar-refractivity contribution in [3.8, 4) is 16.5 Å². The van der Waals surface area contributed by atoms with E-state index in [1.807, 2.05) is 23.8 Å². The first kappa shape index (κ1) is 15.6. The Labute approximate surface area is 154 Å². The van der Waals surface area contributed by atoms with E-state index < -0.39 is 0 Å². The van der Waals surface area contributed by atoms with Crippen molar-refractivity contribution in [2.24, 2.45) is 11.7 Å². The maximum Gasteiger partial charge on any atom is 0.240 e. The lowest BCUT2D eigenvalue weighted by Crippen LogP contribution is -2.37. The molecule has 1 aromatic carbocycles. The molecule has 3 aromatic rings. The number of nitrogens with zero attached hydrogens (tertiary/aromatic N) is 3. The van der Waals surface area contributed by atoms with E-state index in [1.165, 1.54) is 0 Å². The summed E-state index contributed by atoms with van der Waals surface area (Å²) in [4.78, 5) is 21.8. The molecule has 2 aliphatic rings. The summed E-state index contributed by atoms with van der Waals surface area (Å²) in [5, 5.41) is 3.30. The van der Waals surface area contributed by atoms with Crippen molar-refractivity contribution in [2.45, 2.75) is 31.8 Å². The highest BCUT2D eigenvalue weighted by Gasteiger charge is 2.35. The molecule has 2 aromatic heterocycles. The Morgan fingerprint density at radius 3 is 3.04 bits per heavy atom. The molecule has 3 N–H and O–H groups in total. The summed E-state index contributed by atoms with van der Waals surface area (Å²) in [6.45, 7) is 1.51. The molecule has 3 heterocycles. The van der Waals surface area contributed by atoms with Crippen LogP contribution in [-0.2, 0) is 11.3 Å². The highest BCUT2D eigenvalue weighted by Crippen LogP contribution is 2.38. The largest absolute Gasteiger partial charge is 0.491 e. The maximum atomic E-state index is 11.8. The van der Waals surface area contributed by atoms with Gasteiger partial charge in [-0.05, 0) is 31.2 Å². The number of nitrogens with one attached hydrogen (secondary N) is 1. The molecule has 1 aliphatic heterocycles. The van der Waals surface area contributed by atoms with Gasteiger partial charge in [0.15, 0.2) is 5.82 Å². The van der Waals surface area contributed by atoms with Crippen LogP contribution in [0.15, 0.2) is 23.8 Å². The number of benzene rings is 1. The monoisotopic (exact) mass is 369 g/mol. The zero-order chi connectivity index (χ0) is 17.7. The summed E-state index contributed by atoms with van der Waals surface area (Å²) in [6, 6.07) is 3.60. The average Bonchev–Trinajstić information content (AvgIpc) is 3.24. The number of aryl methyl sites for hydroxylation is 1. The highest BCUT2D eigenvalue weighted by molar-refractivity contribution is 7.13. The van der Waals surface area contributed by atoms with Gasteiger partial charge in [0.25, 0.3) is 0 Å². The number of amides is 1. The van der Waals surface area contributed by atoms with Crippen molar-refractivity contribution < 1.29 is 9.53 Å². The van der Waals surface area contributed by atoms with Crippen LogP contribution in [0.25, 0.3) is 21.7 Å². The number of imidazole rings is 1. The second-order valence-electron chi connectivity index (χ2n) is 6.86. The first-order valence-electron chi connectivity index (χ1n) is 8.82. The average molecular weight is 369 g/mol. The quantitative estimate of drug-likeness (QED) is 0.721. The Balaban J connectivity index is 1.62. The molecule has 1 saturated carbocycles. The molecule has 8 heteroatoms. The van der Waals surface area contributed by atoms with Gasteiger partial charge in [-0.25, -0.2) is 4.98 Å². The molecular weight excluding hydrogens is 350 g/mol. The number of primary amides is 1. The third-order valence-electron chi connectivity index (χ3n) is 4.97. The molecule has 1 amide bonds. The van der Waals surface area contributed by atoms with E-state index in [4.69, 9.17) is 15.5 Å². The Morgan fingerprint density at radius 1 is 1.42 bits per heavy atom. The predicted octanol–water partition coefficient (Wildman–Crippen LogP) is 2.62. The van der Waals surface area contributed by atoms with Gasteiger partial charge in [-0.15, -0.1) is 11.3 Å². The number of hydrogen-bond acceptors (Lipinski definition) is 6. The smallest absolute Gasteiger partial charge is 0.240 e. The van der Waals surface area contributed by atoms with Gasteiger partial charge in [-0.1, -0.05) is 0 Å². The standard InChI is InChI=1S/C18H19N5O2S/c19-17(24)15(10-2-3-10)21-11-6-12-16-13(7-11)25-5-1-4-23(16)18(22-12)14-8-20-9-26-14/h6-10,15,21H,1-5H2,(H2,19,24)/t15-/m0/s1. The molecule has 0 saturated heterocycles. The summed E-state index contributed by atoms with van der Waals surface area (Å²) < 4.78 is 8.19. The van der Waals surface area contributed by atoms with Crippen LogP contribution in [0.4, 0.5) is 5.69 Å². The lowest BCUT2D eigenvalue weighted by molar-refractivity contribution is -0.119. The van der Waals surface area contributed by atoms with Crippen molar-refractivity contribution in [1.82, 2.24) is 14.5 Å². The number of anilines is 1. The van der Waals surface area contributed by atoms with E-state index in [9.17, 15) is 4.79 Å². The number of carbonyl (C=O) groups excluding carboxylic acids is 1. The number of hydrogen-bond donors (Lipinski definition) is 2. The second kappa shape index (κ2) is 5.98. The van der Waals surface area contributed by atoms with Crippen LogP contribution in [0.2, 0.25) is 0 Å². The van der Waals surface area contributed by atoms with Crippen molar-refractivity contribution in [3.63, 3.8) is 0 Å². The van der Waals surface area contributed by atoms with Gasteiger partial charge < -0.3 is 20.4 Å². The van der Waals surface area contributed by atoms with Gasteiger partial charge >= 0.3 is 0 Å². The van der Waals surface area contributed by atoms with Crippen molar-refractivity contribution in [1.29, 1.82) is 0 Å². The molecule has 7 nitrogen and oxygen atoms in total. The Morgan fingerprint density at radius 2 is 2.31 bits per heavy atom. The number of nitrogens with two attached hydrogens (primary N) is 1. The normalized spacial score (nSPS) is 17.5. The third kappa shape index (κ3) is 2.61.